The molecule has 9 heteroatoms. The minimum Gasteiger partial charge on any atom is -0.493 e. The highest BCUT2D eigenvalue weighted by atomic mass is 16.5. The predicted octanol–water partition coefficient (Wildman–Crippen LogP) is 3.50. The van der Waals surface area contributed by atoms with Crippen LogP contribution in [-0.2, 0) is 11.8 Å². The average molecular weight is 506 g/mol. The third-order valence-electron chi connectivity index (χ3n) is 7.24. The molecule has 1 aliphatic heterocycles. The van der Waals surface area contributed by atoms with E-state index in [1.54, 1.807) is 44.0 Å². The van der Waals surface area contributed by atoms with Gasteiger partial charge in [0.05, 0.1) is 24.9 Å². The van der Waals surface area contributed by atoms with Gasteiger partial charge in [0.1, 0.15) is 23.9 Å². The molecule has 3 atom stereocenters. The monoisotopic (exact) mass is 505 g/mol. The van der Waals surface area contributed by atoms with Crippen molar-refractivity contribution in [1.82, 2.24) is 14.5 Å². The second-order valence-corrected chi connectivity index (χ2v) is 9.58. The highest BCUT2D eigenvalue weighted by Gasteiger charge is 2.34. The summed E-state index contributed by atoms with van der Waals surface area (Å²) in [6, 6.07) is 13.8. The van der Waals surface area contributed by atoms with E-state index >= 15 is 0 Å². The molecule has 1 aliphatic rings. The van der Waals surface area contributed by atoms with Crippen LogP contribution in [-0.4, -0.2) is 67.1 Å². The van der Waals surface area contributed by atoms with Gasteiger partial charge in [-0.15, -0.1) is 0 Å². The van der Waals surface area contributed by atoms with Crippen LogP contribution in [0.5, 0.6) is 11.5 Å². The number of hydrogen-bond donors (Lipinski definition) is 0. The van der Waals surface area contributed by atoms with E-state index in [9.17, 15) is 10.1 Å². The number of benzene rings is 1. The SMILES string of the molecule is COCCOc1cc(C(C)N2C[C@H](C)N(c3cc(=O)n(C)c4ccc(C#N)nc34)C[C@H]2C)ccc1OC. The zero-order valence-electron chi connectivity index (χ0n) is 22.4. The third-order valence-corrected chi connectivity index (χ3v) is 7.24. The summed E-state index contributed by atoms with van der Waals surface area (Å²) < 4.78 is 18.1. The molecule has 4 rings (SSSR count). The molecule has 196 valence electrons. The topological polar surface area (TPSA) is 92.9 Å². The molecule has 3 heterocycles. The number of hydrogen-bond acceptors (Lipinski definition) is 8. The van der Waals surface area contributed by atoms with Gasteiger partial charge in [-0.3, -0.25) is 9.69 Å². The second-order valence-electron chi connectivity index (χ2n) is 9.58. The normalized spacial score (nSPS) is 19.0. The van der Waals surface area contributed by atoms with E-state index in [4.69, 9.17) is 14.2 Å². The van der Waals surface area contributed by atoms with Crippen LogP contribution in [0.4, 0.5) is 5.69 Å². The molecule has 1 saturated heterocycles. The summed E-state index contributed by atoms with van der Waals surface area (Å²) in [7, 11) is 5.02. The van der Waals surface area contributed by atoms with Crippen LogP contribution in [0.3, 0.4) is 0 Å². The Balaban J connectivity index is 1.61. The van der Waals surface area contributed by atoms with Crippen molar-refractivity contribution in [2.45, 2.75) is 38.9 Å². The Labute approximate surface area is 217 Å². The maximum Gasteiger partial charge on any atom is 0.252 e. The first kappa shape index (κ1) is 26.5. The van der Waals surface area contributed by atoms with Gasteiger partial charge in [-0.25, -0.2) is 4.98 Å². The molecule has 1 unspecified atom stereocenters. The van der Waals surface area contributed by atoms with Gasteiger partial charge < -0.3 is 23.7 Å². The summed E-state index contributed by atoms with van der Waals surface area (Å²) in [5.41, 5.74) is 3.55. The first-order chi connectivity index (χ1) is 17.8. The van der Waals surface area contributed by atoms with Crippen molar-refractivity contribution in [3.63, 3.8) is 0 Å². The Hall–Kier alpha value is -3.61. The number of nitrogens with zero attached hydrogens (tertiary/aromatic N) is 5. The molecule has 37 heavy (non-hydrogen) atoms. The molecular weight excluding hydrogens is 470 g/mol. The Morgan fingerprint density at radius 1 is 1.08 bits per heavy atom. The molecule has 9 nitrogen and oxygen atoms in total. The second kappa shape index (κ2) is 11.2. The molecule has 0 saturated carbocycles. The summed E-state index contributed by atoms with van der Waals surface area (Å²) >= 11 is 0. The Morgan fingerprint density at radius 3 is 2.57 bits per heavy atom. The number of rotatable bonds is 8. The highest BCUT2D eigenvalue weighted by molar-refractivity contribution is 5.89. The number of anilines is 1. The highest BCUT2D eigenvalue weighted by Crippen LogP contribution is 2.35. The summed E-state index contributed by atoms with van der Waals surface area (Å²) in [5, 5.41) is 9.41. The summed E-state index contributed by atoms with van der Waals surface area (Å²) in [4.78, 5) is 22.1. The number of piperazine rings is 1. The lowest BCUT2D eigenvalue weighted by Gasteiger charge is -2.47. The van der Waals surface area contributed by atoms with E-state index < -0.39 is 0 Å². The van der Waals surface area contributed by atoms with Crippen LogP contribution in [0.25, 0.3) is 11.0 Å². The van der Waals surface area contributed by atoms with Crippen molar-refractivity contribution in [2.75, 3.05) is 45.4 Å². The maximum atomic E-state index is 12.8. The molecule has 0 radical (unpaired) electrons. The van der Waals surface area contributed by atoms with Crippen LogP contribution in [0.1, 0.15) is 38.1 Å². The van der Waals surface area contributed by atoms with Crippen molar-refractivity contribution in [1.29, 1.82) is 5.26 Å². The Bertz CT molecular complexity index is 1370. The van der Waals surface area contributed by atoms with Crippen LogP contribution >= 0.6 is 0 Å². The number of ether oxygens (including phenoxy) is 3. The lowest BCUT2D eigenvalue weighted by atomic mass is 9.99. The molecule has 1 fully saturated rings. The van der Waals surface area contributed by atoms with Gasteiger partial charge in [0.25, 0.3) is 5.56 Å². The predicted molar refractivity (Wildman–Crippen MR) is 143 cm³/mol. The zero-order valence-corrected chi connectivity index (χ0v) is 22.4. The Kier molecular flexibility index (Phi) is 8.00. The van der Waals surface area contributed by atoms with Crippen LogP contribution in [0.2, 0.25) is 0 Å². The van der Waals surface area contributed by atoms with Crippen LogP contribution in [0, 0.1) is 11.3 Å². The first-order valence-electron chi connectivity index (χ1n) is 12.5. The smallest absolute Gasteiger partial charge is 0.252 e. The van der Waals surface area contributed by atoms with Crippen molar-refractivity contribution in [2.24, 2.45) is 7.05 Å². The molecular formula is C28H35N5O4. The number of aromatic nitrogens is 2. The number of nitriles is 1. The molecule has 1 aromatic carbocycles. The van der Waals surface area contributed by atoms with Gasteiger partial charge in [0, 0.05) is 51.4 Å². The van der Waals surface area contributed by atoms with Gasteiger partial charge >= 0.3 is 0 Å². The van der Waals surface area contributed by atoms with Gasteiger partial charge in [0.15, 0.2) is 11.5 Å². The number of fused-ring (bicyclic) bond motifs is 1. The van der Waals surface area contributed by atoms with Gasteiger partial charge in [-0.05, 0) is 50.6 Å². The number of aryl methyl sites for hydroxylation is 1. The lowest BCUT2D eigenvalue weighted by molar-refractivity contribution is 0.119. The summed E-state index contributed by atoms with van der Waals surface area (Å²) in [6.07, 6.45) is 0. The molecule has 0 bridgehead atoms. The molecule has 0 N–H and O–H groups in total. The molecule has 0 aliphatic carbocycles. The average Bonchev–Trinajstić information content (AvgIpc) is 2.91. The van der Waals surface area contributed by atoms with E-state index in [1.807, 2.05) is 12.1 Å². The Morgan fingerprint density at radius 2 is 1.86 bits per heavy atom. The molecule has 0 spiro atoms. The third kappa shape index (κ3) is 5.26. The standard InChI is InChI=1S/C28H35N5O4/c1-18-17-33(24-14-27(34)31(4)23-9-8-22(15-29)30-28(23)24)19(2)16-32(18)20(3)21-7-10-25(36-6)26(13-21)37-12-11-35-5/h7-10,13-14,18-20H,11-12,16-17H2,1-6H3/t18-,19+,20?/m1/s1. The first-order valence-corrected chi connectivity index (χ1v) is 12.5. The van der Waals surface area contributed by atoms with Crippen molar-refractivity contribution < 1.29 is 14.2 Å². The zero-order chi connectivity index (χ0) is 26.7. The van der Waals surface area contributed by atoms with Crippen molar-refractivity contribution in [3.8, 4) is 17.6 Å². The van der Waals surface area contributed by atoms with E-state index in [-0.39, 0.29) is 23.7 Å². The minimum absolute atomic E-state index is 0.0936. The largest absolute Gasteiger partial charge is 0.493 e. The molecule has 2 aromatic heterocycles. The molecule has 3 aromatic rings. The quantitative estimate of drug-likeness (QED) is 0.430. The van der Waals surface area contributed by atoms with Crippen LogP contribution < -0.4 is 19.9 Å². The van der Waals surface area contributed by atoms with Gasteiger partial charge in [0.2, 0.25) is 0 Å². The van der Waals surface area contributed by atoms with Crippen molar-refractivity contribution >= 4 is 16.7 Å². The van der Waals surface area contributed by atoms with Gasteiger partial charge in [-0.1, -0.05) is 6.07 Å². The summed E-state index contributed by atoms with van der Waals surface area (Å²) in [6.45, 7) is 9.03. The fourth-order valence-electron chi connectivity index (χ4n) is 5.11. The van der Waals surface area contributed by atoms with E-state index in [1.165, 1.54) is 0 Å². The number of methoxy groups -OCH3 is 2. The number of pyridine rings is 2. The van der Waals surface area contributed by atoms with E-state index in [0.29, 0.717) is 35.9 Å². The maximum absolute atomic E-state index is 12.8. The minimum atomic E-state index is -0.0936. The summed E-state index contributed by atoms with van der Waals surface area (Å²) in [5.74, 6) is 1.40. The van der Waals surface area contributed by atoms with E-state index in [0.717, 1.165) is 29.9 Å². The van der Waals surface area contributed by atoms with Gasteiger partial charge in [-0.2, -0.15) is 5.26 Å². The van der Waals surface area contributed by atoms with Crippen LogP contribution in [0.15, 0.2) is 41.2 Å². The molecule has 0 amide bonds. The van der Waals surface area contributed by atoms with E-state index in [2.05, 4.69) is 47.7 Å². The fraction of sp³-hybridized carbons (Fsp3) is 0.464. The van der Waals surface area contributed by atoms with Crippen molar-refractivity contribution in [3.05, 3.63) is 58.0 Å². The fourth-order valence-corrected chi connectivity index (χ4v) is 5.11. The lowest BCUT2D eigenvalue weighted by Crippen LogP contribution is -2.57.